The number of thiocarbonyl (C=S) groups is 1. The lowest BCUT2D eigenvalue weighted by molar-refractivity contribution is -0.121. The molecule has 9 heteroatoms. The standard InChI is InChI=1S/C20H24N4O3S2/c1-12(2)27-10-6-8-21-16-14(11-15-19(26)23(4)20(28)29-15)18(25)24-9-5-7-13(3)17(24)22-16/h5,7,9,11-12,21H,6,8,10H2,1-4H3/b15-11-. The molecule has 0 aromatic carbocycles. The lowest BCUT2D eigenvalue weighted by Gasteiger charge is -2.13. The Bertz CT molecular complexity index is 1050. The highest BCUT2D eigenvalue weighted by molar-refractivity contribution is 8.26. The summed E-state index contributed by atoms with van der Waals surface area (Å²) in [5, 5.41) is 3.24. The summed E-state index contributed by atoms with van der Waals surface area (Å²) >= 11 is 6.37. The number of anilines is 1. The van der Waals surface area contributed by atoms with Gasteiger partial charge < -0.3 is 10.1 Å². The van der Waals surface area contributed by atoms with Gasteiger partial charge in [-0.2, -0.15) is 0 Å². The van der Waals surface area contributed by atoms with Crippen molar-refractivity contribution in [2.24, 2.45) is 0 Å². The van der Waals surface area contributed by atoms with E-state index >= 15 is 0 Å². The van der Waals surface area contributed by atoms with E-state index in [1.807, 2.05) is 26.8 Å². The van der Waals surface area contributed by atoms with Crippen molar-refractivity contribution in [1.82, 2.24) is 14.3 Å². The van der Waals surface area contributed by atoms with Crippen LogP contribution in [0.4, 0.5) is 5.82 Å². The predicted molar refractivity (Wildman–Crippen MR) is 121 cm³/mol. The number of hydrogen-bond acceptors (Lipinski definition) is 7. The highest BCUT2D eigenvalue weighted by Gasteiger charge is 2.29. The van der Waals surface area contributed by atoms with Gasteiger partial charge in [-0.15, -0.1) is 0 Å². The van der Waals surface area contributed by atoms with Gasteiger partial charge in [0, 0.05) is 26.4 Å². The van der Waals surface area contributed by atoms with Crippen molar-refractivity contribution in [2.45, 2.75) is 33.3 Å². The molecule has 1 saturated heterocycles. The van der Waals surface area contributed by atoms with Gasteiger partial charge in [0.25, 0.3) is 11.5 Å². The Morgan fingerprint density at radius 3 is 2.79 bits per heavy atom. The van der Waals surface area contributed by atoms with Crippen LogP contribution >= 0.6 is 24.0 Å². The van der Waals surface area contributed by atoms with Crippen LogP contribution in [0.2, 0.25) is 0 Å². The number of ether oxygens (including phenoxy) is 1. The van der Waals surface area contributed by atoms with Crippen LogP contribution < -0.4 is 10.9 Å². The van der Waals surface area contributed by atoms with Gasteiger partial charge >= 0.3 is 0 Å². The van der Waals surface area contributed by atoms with Crippen molar-refractivity contribution < 1.29 is 9.53 Å². The van der Waals surface area contributed by atoms with Gasteiger partial charge in [-0.05, 0) is 44.9 Å². The first-order chi connectivity index (χ1) is 13.8. The highest BCUT2D eigenvalue weighted by atomic mass is 32.2. The second-order valence-electron chi connectivity index (χ2n) is 7.00. The van der Waals surface area contributed by atoms with E-state index in [4.69, 9.17) is 17.0 Å². The number of aromatic nitrogens is 2. The first-order valence-corrected chi connectivity index (χ1v) is 10.6. The molecule has 3 heterocycles. The third kappa shape index (κ3) is 4.68. The van der Waals surface area contributed by atoms with Crippen LogP contribution in [0.5, 0.6) is 0 Å². The Labute approximate surface area is 179 Å². The van der Waals surface area contributed by atoms with E-state index in [9.17, 15) is 9.59 Å². The molecule has 1 amide bonds. The van der Waals surface area contributed by atoms with Gasteiger partial charge in [0.15, 0.2) is 0 Å². The van der Waals surface area contributed by atoms with Gasteiger partial charge in [0.05, 0.1) is 16.6 Å². The number of rotatable bonds is 7. The molecule has 0 unspecified atom stereocenters. The number of nitrogens with zero attached hydrogens (tertiary/aromatic N) is 3. The Kier molecular flexibility index (Phi) is 6.71. The van der Waals surface area contributed by atoms with Crippen molar-refractivity contribution in [2.75, 3.05) is 25.5 Å². The Morgan fingerprint density at radius 1 is 1.38 bits per heavy atom. The van der Waals surface area contributed by atoms with Gasteiger partial charge in [-0.1, -0.05) is 30.0 Å². The molecule has 0 atom stereocenters. The predicted octanol–water partition coefficient (Wildman–Crippen LogP) is 3.06. The van der Waals surface area contributed by atoms with E-state index in [2.05, 4.69) is 10.3 Å². The zero-order valence-corrected chi connectivity index (χ0v) is 18.5. The average Bonchev–Trinajstić information content (AvgIpc) is 2.91. The SMILES string of the molecule is Cc1cccn2c(=O)c(/C=C3\SC(=S)N(C)C3=O)c(NCCCOC(C)C)nc12. The van der Waals surface area contributed by atoms with Gasteiger partial charge in [0.1, 0.15) is 15.8 Å². The molecular formula is C20H24N4O3S2. The van der Waals surface area contributed by atoms with E-state index in [-0.39, 0.29) is 17.6 Å². The summed E-state index contributed by atoms with van der Waals surface area (Å²) in [5.74, 6) is 0.236. The monoisotopic (exact) mass is 432 g/mol. The number of carbonyl (C=O) groups excluding carboxylic acids is 1. The fourth-order valence-corrected chi connectivity index (χ4v) is 4.01. The normalized spacial score (nSPS) is 15.9. The van der Waals surface area contributed by atoms with Crippen LogP contribution in [-0.2, 0) is 9.53 Å². The molecule has 154 valence electrons. The molecule has 1 aliphatic rings. The molecule has 7 nitrogen and oxygen atoms in total. The molecule has 1 fully saturated rings. The first kappa shape index (κ1) is 21.5. The Balaban J connectivity index is 2.00. The fraction of sp³-hybridized carbons (Fsp3) is 0.400. The molecular weight excluding hydrogens is 408 g/mol. The summed E-state index contributed by atoms with van der Waals surface area (Å²) in [6, 6.07) is 3.71. The van der Waals surface area contributed by atoms with E-state index in [0.717, 1.165) is 12.0 Å². The molecule has 1 N–H and O–H groups in total. The molecule has 2 aromatic rings. The van der Waals surface area contributed by atoms with Crippen LogP contribution in [0.3, 0.4) is 0 Å². The first-order valence-electron chi connectivity index (χ1n) is 9.38. The molecule has 0 bridgehead atoms. The third-order valence-electron chi connectivity index (χ3n) is 4.41. The number of hydrogen-bond donors (Lipinski definition) is 1. The minimum Gasteiger partial charge on any atom is -0.379 e. The molecule has 0 spiro atoms. The molecule has 29 heavy (non-hydrogen) atoms. The molecule has 0 aliphatic carbocycles. The molecule has 0 saturated carbocycles. The lowest BCUT2D eigenvalue weighted by atomic mass is 10.2. The highest BCUT2D eigenvalue weighted by Crippen LogP contribution is 2.31. The fourth-order valence-electron chi connectivity index (χ4n) is 2.85. The number of thioether (sulfide) groups is 1. The van der Waals surface area contributed by atoms with Gasteiger partial charge in [-0.25, -0.2) is 4.98 Å². The van der Waals surface area contributed by atoms with E-state index < -0.39 is 0 Å². The largest absolute Gasteiger partial charge is 0.379 e. The summed E-state index contributed by atoms with van der Waals surface area (Å²) in [6.07, 6.45) is 4.21. The minimum atomic E-state index is -0.235. The van der Waals surface area contributed by atoms with Crippen molar-refractivity contribution in [3.63, 3.8) is 0 Å². The number of likely N-dealkylation sites (N-methyl/N-ethyl adjacent to an activating group) is 1. The summed E-state index contributed by atoms with van der Waals surface area (Å²) in [4.78, 5) is 32.1. The van der Waals surface area contributed by atoms with Crippen LogP contribution in [0.25, 0.3) is 11.7 Å². The molecule has 1 aliphatic heterocycles. The lowest BCUT2D eigenvalue weighted by Crippen LogP contribution is -2.23. The maximum atomic E-state index is 13.2. The van der Waals surface area contributed by atoms with Gasteiger partial charge in [-0.3, -0.25) is 18.9 Å². The summed E-state index contributed by atoms with van der Waals surface area (Å²) < 4.78 is 7.53. The van der Waals surface area contributed by atoms with Crippen LogP contribution in [-0.4, -0.2) is 50.8 Å². The second-order valence-corrected chi connectivity index (χ2v) is 8.68. The number of nitrogens with one attached hydrogen (secondary N) is 1. The topological polar surface area (TPSA) is 75.9 Å². The smallest absolute Gasteiger partial charge is 0.267 e. The van der Waals surface area contributed by atoms with E-state index in [1.165, 1.54) is 21.1 Å². The van der Waals surface area contributed by atoms with Gasteiger partial charge in [0.2, 0.25) is 0 Å². The summed E-state index contributed by atoms with van der Waals surface area (Å²) in [7, 11) is 1.63. The van der Waals surface area contributed by atoms with Crippen molar-refractivity contribution in [1.29, 1.82) is 0 Å². The van der Waals surface area contributed by atoms with Crippen LogP contribution in [0, 0.1) is 6.92 Å². The van der Waals surface area contributed by atoms with Crippen LogP contribution in [0.15, 0.2) is 28.0 Å². The summed E-state index contributed by atoms with van der Waals surface area (Å²) in [5.41, 5.74) is 1.58. The molecule has 3 rings (SSSR count). The molecule has 0 radical (unpaired) electrons. The zero-order chi connectivity index (χ0) is 21.1. The zero-order valence-electron chi connectivity index (χ0n) is 16.9. The number of aryl methyl sites for hydroxylation is 1. The number of pyridine rings is 1. The van der Waals surface area contributed by atoms with E-state index in [0.29, 0.717) is 39.4 Å². The van der Waals surface area contributed by atoms with Crippen molar-refractivity contribution >= 4 is 51.7 Å². The van der Waals surface area contributed by atoms with Crippen molar-refractivity contribution in [3.05, 3.63) is 44.7 Å². The van der Waals surface area contributed by atoms with Crippen molar-refractivity contribution in [3.8, 4) is 0 Å². The second kappa shape index (κ2) is 9.06. The third-order valence-corrected chi connectivity index (χ3v) is 5.90. The number of amides is 1. The van der Waals surface area contributed by atoms with E-state index in [1.54, 1.807) is 25.4 Å². The average molecular weight is 433 g/mol. The van der Waals surface area contributed by atoms with Crippen LogP contribution in [0.1, 0.15) is 31.4 Å². The Hall–Kier alpha value is -2.23. The quantitative estimate of drug-likeness (QED) is 0.409. The maximum Gasteiger partial charge on any atom is 0.267 e. The molecule has 2 aromatic heterocycles. The Morgan fingerprint density at radius 2 is 2.14 bits per heavy atom. The summed E-state index contributed by atoms with van der Waals surface area (Å²) in [6.45, 7) is 7.09. The minimum absolute atomic E-state index is 0.174. The number of fused-ring (bicyclic) bond motifs is 1. The number of carbonyl (C=O) groups is 1. The maximum absolute atomic E-state index is 13.2.